The van der Waals surface area contributed by atoms with E-state index in [2.05, 4.69) is 55.8 Å². The first-order chi connectivity index (χ1) is 20.4. The van der Waals surface area contributed by atoms with E-state index in [9.17, 15) is 9.59 Å². The summed E-state index contributed by atoms with van der Waals surface area (Å²) in [5.74, 6) is -0.121. The topological polar surface area (TPSA) is 65.6 Å². The van der Waals surface area contributed by atoms with Crippen LogP contribution in [0.3, 0.4) is 0 Å². The SMILES string of the molecule is CCOC(=O)C1=C(c2ccccc2)N=c2sc(=Cc3cn(CC)c4ccccc34)c(=O)n2[C@H]1c1ccc(C(C)C)cc1. The first-order valence-electron chi connectivity index (χ1n) is 14.4. The lowest BCUT2D eigenvalue weighted by atomic mass is 9.91. The molecule has 1 aliphatic heterocycles. The number of fused-ring (bicyclic) bond motifs is 2. The van der Waals surface area contributed by atoms with Crippen molar-refractivity contribution in [3.8, 4) is 0 Å². The summed E-state index contributed by atoms with van der Waals surface area (Å²) in [6, 6.07) is 25.3. The predicted octanol–water partition coefficient (Wildman–Crippen LogP) is 6.03. The van der Waals surface area contributed by atoms with E-state index in [1.165, 1.54) is 16.9 Å². The van der Waals surface area contributed by atoms with Gasteiger partial charge in [-0.05, 0) is 43.0 Å². The van der Waals surface area contributed by atoms with E-state index >= 15 is 0 Å². The van der Waals surface area contributed by atoms with Crippen LogP contribution >= 0.6 is 11.3 Å². The standard InChI is InChI=1S/C35H33N3O3S/c1-5-37-21-26(27-14-10-11-15-28(27)37)20-29-33(39)38-32(25-18-16-23(17-19-25)22(3)4)30(34(40)41-6-2)31(36-35(38)42-29)24-12-8-7-9-13-24/h7-22,32H,5-6H2,1-4H3/t32-/m0/s1. The lowest BCUT2D eigenvalue weighted by Gasteiger charge is -2.26. The van der Waals surface area contributed by atoms with Gasteiger partial charge in [0.2, 0.25) is 0 Å². The Morgan fingerprint density at radius 1 is 1.00 bits per heavy atom. The molecule has 0 N–H and O–H groups in total. The van der Waals surface area contributed by atoms with Crippen LogP contribution in [0, 0.1) is 0 Å². The lowest BCUT2D eigenvalue weighted by molar-refractivity contribution is -0.138. The highest BCUT2D eigenvalue weighted by atomic mass is 32.1. The van der Waals surface area contributed by atoms with Crippen LogP contribution in [0.4, 0.5) is 0 Å². The molecule has 1 atom stereocenters. The van der Waals surface area contributed by atoms with Gasteiger partial charge in [-0.15, -0.1) is 0 Å². The minimum Gasteiger partial charge on any atom is -0.463 e. The second-order valence-corrected chi connectivity index (χ2v) is 11.6. The fourth-order valence-electron chi connectivity index (χ4n) is 5.61. The minimum atomic E-state index is -0.684. The number of carbonyl (C=O) groups is 1. The van der Waals surface area contributed by atoms with Crippen molar-refractivity contribution in [2.75, 3.05) is 6.61 Å². The molecule has 1 aliphatic rings. The molecule has 0 fully saturated rings. The Hall–Kier alpha value is -4.49. The molecule has 6 nitrogen and oxygen atoms in total. The van der Waals surface area contributed by atoms with Gasteiger partial charge in [0, 0.05) is 34.8 Å². The average molecular weight is 576 g/mol. The van der Waals surface area contributed by atoms with Gasteiger partial charge in [0.05, 0.1) is 28.5 Å². The fraction of sp³-hybridized carbons (Fsp3) is 0.229. The Balaban J connectivity index is 1.64. The summed E-state index contributed by atoms with van der Waals surface area (Å²) in [6.07, 6.45) is 4.04. The van der Waals surface area contributed by atoms with Crippen molar-refractivity contribution in [1.29, 1.82) is 0 Å². The van der Waals surface area contributed by atoms with E-state index in [4.69, 9.17) is 9.73 Å². The normalized spacial score (nSPS) is 15.3. The van der Waals surface area contributed by atoms with Gasteiger partial charge in [-0.25, -0.2) is 9.79 Å². The van der Waals surface area contributed by atoms with Crippen molar-refractivity contribution in [2.24, 2.45) is 4.99 Å². The molecule has 0 radical (unpaired) electrons. The number of hydrogen-bond acceptors (Lipinski definition) is 5. The number of esters is 1. The highest BCUT2D eigenvalue weighted by Gasteiger charge is 2.35. The third-order valence-corrected chi connectivity index (χ3v) is 8.72. The van der Waals surface area contributed by atoms with Gasteiger partial charge in [0.25, 0.3) is 5.56 Å². The fourth-order valence-corrected chi connectivity index (χ4v) is 6.60. The second-order valence-electron chi connectivity index (χ2n) is 10.6. The van der Waals surface area contributed by atoms with Crippen molar-refractivity contribution in [2.45, 2.75) is 46.2 Å². The molecule has 3 heterocycles. The highest BCUT2D eigenvalue weighted by Crippen LogP contribution is 2.35. The van der Waals surface area contributed by atoms with Gasteiger partial charge >= 0.3 is 5.97 Å². The van der Waals surface area contributed by atoms with Crippen LogP contribution in [0.2, 0.25) is 0 Å². The number of benzene rings is 3. The molecule has 0 amide bonds. The number of hydrogen-bond donors (Lipinski definition) is 0. The first-order valence-corrected chi connectivity index (χ1v) is 15.2. The Bertz CT molecular complexity index is 1990. The maximum absolute atomic E-state index is 14.3. The monoisotopic (exact) mass is 575 g/mol. The molecule has 0 aliphatic carbocycles. The zero-order chi connectivity index (χ0) is 29.4. The molecule has 7 heteroatoms. The molecule has 3 aromatic carbocycles. The van der Waals surface area contributed by atoms with Crippen LogP contribution in [0.25, 0.3) is 22.7 Å². The smallest absolute Gasteiger partial charge is 0.338 e. The second kappa shape index (κ2) is 11.4. The Labute approximate surface area is 248 Å². The summed E-state index contributed by atoms with van der Waals surface area (Å²) in [5.41, 5.74) is 5.63. The summed E-state index contributed by atoms with van der Waals surface area (Å²) in [7, 11) is 0. The van der Waals surface area contributed by atoms with Crippen LogP contribution in [0.5, 0.6) is 0 Å². The first kappa shape index (κ1) is 27.7. The molecule has 0 saturated heterocycles. The molecule has 0 spiro atoms. The van der Waals surface area contributed by atoms with Gasteiger partial charge in [0.1, 0.15) is 0 Å². The number of thiazole rings is 1. The quantitative estimate of drug-likeness (QED) is 0.223. The molecule has 42 heavy (non-hydrogen) atoms. The third-order valence-electron chi connectivity index (χ3n) is 7.74. The summed E-state index contributed by atoms with van der Waals surface area (Å²) >= 11 is 1.35. The number of carbonyl (C=O) groups excluding carboxylic acids is 1. The molecule has 0 unspecified atom stereocenters. The van der Waals surface area contributed by atoms with E-state index in [1.807, 2.05) is 60.7 Å². The Morgan fingerprint density at radius 2 is 1.71 bits per heavy atom. The molecular formula is C35H33N3O3S. The molecule has 212 valence electrons. The maximum atomic E-state index is 14.3. The van der Waals surface area contributed by atoms with E-state index in [0.717, 1.165) is 34.1 Å². The maximum Gasteiger partial charge on any atom is 0.338 e. The number of rotatable bonds is 7. The number of para-hydroxylation sites is 1. The van der Waals surface area contributed by atoms with Gasteiger partial charge in [-0.2, -0.15) is 0 Å². The summed E-state index contributed by atoms with van der Waals surface area (Å²) < 4.78 is 10.0. The summed E-state index contributed by atoms with van der Waals surface area (Å²) in [5, 5.41) is 1.09. The lowest BCUT2D eigenvalue weighted by Crippen LogP contribution is -2.40. The zero-order valence-corrected chi connectivity index (χ0v) is 25.0. The molecule has 0 bridgehead atoms. The predicted molar refractivity (Wildman–Crippen MR) is 169 cm³/mol. The summed E-state index contributed by atoms with van der Waals surface area (Å²) in [4.78, 5) is 33.5. The largest absolute Gasteiger partial charge is 0.463 e. The number of aromatic nitrogens is 2. The molecule has 2 aromatic heterocycles. The van der Waals surface area contributed by atoms with Gasteiger partial charge in [0.15, 0.2) is 4.80 Å². The highest BCUT2D eigenvalue weighted by molar-refractivity contribution is 7.07. The van der Waals surface area contributed by atoms with E-state index in [0.29, 0.717) is 26.5 Å². The van der Waals surface area contributed by atoms with Crippen molar-refractivity contribution in [3.05, 3.63) is 133 Å². The number of ether oxygens (including phenoxy) is 1. The van der Waals surface area contributed by atoms with Gasteiger partial charge in [-0.3, -0.25) is 9.36 Å². The van der Waals surface area contributed by atoms with Crippen LogP contribution < -0.4 is 14.9 Å². The molecule has 6 rings (SSSR count). The van der Waals surface area contributed by atoms with Crippen LogP contribution in [-0.2, 0) is 16.1 Å². The van der Waals surface area contributed by atoms with E-state index in [1.54, 1.807) is 11.5 Å². The minimum absolute atomic E-state index is 0.182. The van der Waals surface area contributed by atoms with E-state index in [-0.39, 0.29) is 12.2 Å². The average Bonchev–Trinajstić information content (AvgIpc) is 3.53. The van der Waals surface area contributed by atoms with Crippen molar-refractivity contribution in [3.63, 3.8) is 0 Å². The summed E-state index contributed by atoms with van der Waals surface area (Å²) in [6.45, 7) is 9.22. The van der Waals surface area contributed by atoms with Gasteiger partial charge in [-0.1, -0.05) is 98.0 Å². The van der Waals surface area contributed by atoms with Crippen molar-refractivity contribution < 1.29 is 9.53 Å². The molecule has 0 saturated carbocycles. The van der Waals surface area contributed by atoms with Crippen molar-refractivity contribution in [1.82, 2.24) is 9.13 Å². The Kier molecular flexibility index (Phi) is 7.52. The van der Waals surface area contributed by atoms with Crippen LogP contribution in [0.15, 0.2) is 100 Å². The van der Waals surface area contributed by atoms with Gasteiger partial charge < -0.3 is 9.30 Å². The third kappa shape index (κ3) is 4.84. The van der Waals surface area contributed by atoms with Crippen molar-refractivity contribution >= 4 is 40.0 Å². The molecule has 5 aromatic rings. The Morgan fingerprint density at radius 3 is 2.40 bits per heavy atom. The van der Waals surface area contributed by atoms with Crippen LogP contribution in [0.1, 0.15) is 61.9 Å². The number of aryl methyl sites for hydroxylation is 1. The number of nitrogens with zero attached hydrogens (tertiary/aromatic N) is 3. The van der Waals surface area contributed by atoms with Crippen LogP contribution in [-0.4, -0.2) is 21.7 Å². The van der Waals surface area contributed by atoms with E-state index < -0.39 is 12.0 Å². The zero-order valence-electron chi connectivity index (χ0n) is 24.2. The molecular weight excluding hydrogens is 542 g/mol.